The highest BCUT2D eigenvalue weighted by Gasteiger charge is 2.22. The topological polar surface area (TPSA) is 28.1 Å². The van der Waals surface area contributed by atoms with Crippen LogP contribution in [0.15, 0.2) is 59.9 Å². The SMILES string of the molecule is [C-]#[N+]C(C#N)=C1/C(=C/C=C)CC/C1=C\C=C. The highest BCUT2D eigenvalue weighted by Crippen LogP contribution is 2.37. The van der Waals surface area contributed by atoms with E-state index in [0.717, 1.165) is 29.6 Å². The Morgan fingerprint density at radius 3 is 2.06 bits per heavy atom. The van der Waals surface area contributed by atoms with Crippen molar-refractivity contribution in [3.63, 3.8) is 0 Å². The second kappa shape index (κ2) is 5.53. The molecule has 1 fully saturated rings. The van der Waals surface area contributed by atoms with Crippen molar-refractivity contribution in [1.29, 1.82) is 5.26 Å². The van der Waals surface area contributed by atoms with Gasteiger partial charge < -0.3 is 0 Å². The van der Waals surface area contributed by atoms with E-state index in [1.54, 1.807) is 12.2 Å². The molecule has 2 heteroatoms. The van der Waals surface area contributed by atoms with Gasteiger partial charge in [-0.1, -0.05) is 37.5 Å². The van der Waals surface area contributed by atoms with E-state index < -0.39 is 0 Å². The number of rotatable bonds is 2. The zero-order valence-corrected chi connectivity index (χ0v) is 9.03. The van der Waals surface area contributed by atoms with Gasteiger partial charge in [-0.15, -0.1) is 0 Å². The van der Waals surface area contributed by atoms with Crippen LogP contribution in [0.5, 0.6) is 0 Å². The first-order valence-electron chi connectivity index (χ1n) is 4.94. The molecule has 1 saturated carbocycles. The zero-order chi connectivity index (χ0) is 12.0. The normalized spacial score (nSPS) is 19.2. The molecule has 0 aromatic carbocycles. The third-order valence-corrected chi connectivity index (χ3v) is 2.40. The summed E-state index contributed by atoms with van der Waals surface area (Å²) in [5.74, 6) is 0. The molecule has 0 spiro atoms. The Labute approximate surface area is 96.0 Å². The minimum Gasteiger partial charge on any atom is -0.226 e. The van der Waals surface area contributed by atoms with Crippen LogP contribution in [0, 0.1) is 17.9 Å². The third kappa shape index (κ3) is 2.19. The molecule has 0 aromatic heterocycles. The molecule has 16 heavy (non-hydrogen) atoms. The van der Waals surface area contributed by atoms with Crippen molar-refractivity contribution >= 4 is 0 Å². The highest BCUT2D eigenvalue weighted by molar-refractivity contribution is 5.60. The first-order chi connectivity index (χ1) is 7.78. The van der Waals surface area contributed by atoms with E-state index in [0.29, 0.717) is 0 Å². The lowest BCUT2D eigenvalue weighted by molar-refractivity contribution is 1.05. The molecule has 0 radical (unpaired) electrons. The Morgan fingerprint density at radius 1 is 1.25 bits per heavy atom. The summed E-state index contributed by atoms with van der Waals surface area (Å²) in [6.07, 6.45) is 8.79. The fraction of sp³-hybridized carbons (Fsp3) is 0.143. The van der Waals surface area contributed by atoms with E-state index in [-0.39, 0.29) is 5.70 Å². The maximum Gasteiger partial charge on any atom is 0.269 e. The fourth-order valence-electron chi connectivity index (χ4n) is 1.78. The van der Waals surface area contributed by atoms with Crippen molar-refractivity contribution in [3.8, 4) is 6.07 Å². The molecule has 0 N–H and O–H groups in total. The molecule has 0 unspecified atom stereocenters. The van der Waals surface area contributed by atoms with Gasteiger partial charge >= 0.3 is 0 Å². The van der Waals surface area contributed by atoms with Gasteiger partial charge in [0.15, 0.2) is 0 Å². The Kier molecular flexibility index (Phi) is 4.07. The molecule has 1 aliphatic carbocycles. The van der Waals surface area contributed by atoms with Gasteiger partial charge in [0.25, 0.3) is 5.70 Å². The largest absolute Gasteiger partial charge is 0.269 e. The summed E-state index contributed by atoms with van der Waals surface area (Å²) in [6, 6.07) is 1.95. The molecule has 2 nitrogen and oxygen atoms in total. The molecule has 0 aliphatic heterocycles. The predicted octanol–water partition coefficient (Wildman–Crippen LogP) is 3.70. The number of nitrogens with zero attached hydrogens (tertiary/aromatic N) is 2. The summed E-state index contributed by atoms with van der Waals surface area (Å²) < 4.78 is 0. The quantitative estimate of drug-likeness (QED) is 0.502. The van der Waals surface area contributed by atoms with Crippen LogP contribution in [-0.4, -0.2) is 0 Å². The molecular weight excluding hydrogens is 196 g/mol. The minimum atomic E-state index is 0.152. The number of nitriles is 1. The minimum absolute atomic E-state index is 0.152. The van der Waals surface area contributed by atoms with Crippen LogP contribution in [0.25, 0.3) is 4.85 Å². The van der Waals surface area contributed by atoms with Gasteiger partial charge in [0.05, 0.1) is 12.6 Å². The van der Waals surface area contributed by atoms with E-state index in [2.05, 4.69) is 18.0 Å². The van der Waals surface area contributed by atoms with E-state index in [1.165, 1.54) is 0 Å². The Bertz CT molecular complexity index is 444. The summed E-state index contributed by atoms with van der Waals surface area (Å²) in [5, 5.41) is 8.93. The van der Waals surface area contributed by atoms with Gasteiger partial charge in [0.1, 0.15) is 0 Å². The standard InChI is InChI=1S/C14H12N2/c1-4-6-11-8-9-12(7-5-2)14(11)13(10-15)16-3/h4-7H,1-2,8-9H2/b11-6+,12-7+. The highest BCUT2D eigenvalue weighted by atomic mass is 14.7. The predicted molar refractivity (Wildman–Crippen MR) is 65.0 cm³/mol. The third-order valence-electron chi connectivity index (χ3n) is 2.40. The lowest BCUT2D eigenvalue weighted by atomic mass is 10.0. The molecule has 78 valence electrons. The van der Waals surface area contributed by atoms with Crippen LogP contribution in [0.4, 0.5) is 0 Å². The van der Waals surface area contributed by atoms with Gasteiger partial charge in [0, 0.05) is 0 Å². The molecule has 1 aliphatic rings. The second-order valence-corrected chi connectivity index (χ2v) is 3.30. The average Bonchev–Trinajstić information content (AvgIpc) is 2.66. The first-order valence-corrected chi connectivity index (χ1v) is 4.94. The van der Waals surface area contributed by atoms with Gasteiger partial charge in [-0.05, 0) is 29.6 Å². The van der Waals surface area contributed by atoms with E-state index in [4.69, 9.17) is 11.8 Å². The van der Waals surface area contributed by atoms with Crippen molar-refractivity contribution in [2.24, 2.45) is 0 Å². The Morgan fingerprint density at radius 2 is 1.75 bits per heavy atom. The van der Waals surface area contributed by atoms with Crippen LogP contribution < -0.4 is 0 Å². The summed E-state index contributed by atoms with van der Waals surface area (Å²) in [6.45, 7) is 14.3. The maximum atomic E-state index is 8.93. The smallest absolute Gasteiger partial charge is 0.226 e. The average molecular weight is 208 g/mol. The van der Waals surface area contributed by atoms with Gasteiger partial charge in [-0.3, -0.25) is 0 Å². The molecule has 0 atom stereocenters. The summed E-state index contributed by atoms with van der Waals surface area (Å²) in [5.41, 5.74) is 2.93. The van der Waals surface area contributed by atoms with E-state index in [1.807, 2.05) is 18.2 Å². The number of allylic oxidation sites excluding steroid dienone is 8. The fourth-order valence-corrected chi connectivity index (χ4v) is 1.78. The van der Waals surface area contributed by atoms with Crippen molar-refractivity contribution in [3.05, 3.63) is 71.3 Å². The van der Waals surface area contributed by atoms with Crippen molar-refractivity contribution in [2.75, 3.05) is 0 Å². The molecule has 0 bridgehead atoms. The molecule has 0 aromatic rings. The van der Waals surface area contributed by atoms with Crippen LogP contribution >= 0.6 is 0 Å². The monoisotopic (exact) mass is 208 g/mol. The first kappa shape index (κ1) is 11.8. The van der Waals surface area contributed by atoms with Crippen LogP contribution in [0.1, 0.15) is 12.8 Å². The van der Waals surface area contributed by atoms with Crippen LogP contribution in [0.3, 0.4) is 0 Å². The van der Waals surface area contributed by atoms with Gasteiger partial charge in [0.2, 0.25) is 0 Å². The van der Waals surface area contributed by atoms with E-state index in [9.17, 15) is 0 Å². The van der Waals surface area contributed by atoms with Crippen LogP contribution in [-0.2, 0) is 0 Å². The maximum absolute atomic E-state index is 8.93. The second-order valence-electron chi connectivity index (χ2n) is 3.30. The van der Waals surface area contributed by atoms with E-state index >= 15 is 0 Å². The number of hydrogen-bond acceptors (Lipinski definition) is 1. The molecule has 1 rings (SSSR count). The number of hydrogen-bond donors (Lipinski definition) is 0. The molecule has 0 amide bonds. The summed E-state index contributed by atoms with van der Waals surface area (Å²) >= 11 is 0. The summed E-state index contributed by atoms with van der Waals surface area (Å²) in [4.78, 5) is 3.27. The molecular formula is C14H12N2. The lowest BCUT2D eigenvalue weighted by Gasteiger charge is -2.02. The molecule has 0 saturated heterocycles. The van der Waals surface area contributed by atoms with Crippen molar-refractivity contribution < 1.29 is 0 Å². The van der Waals surface area contributed by atoms with Crippen molar-refractivity contribution in [2.45, 2.75) is 12.8 Å². The molecule has 0 heterocycles. The van der Waals surface area contributed by atoms with Crippen LogP contribution in [0.2, 0.25) is 0 Å². The summed E-state index contributed by atoms with van der Waals surface area (Å²) in [7, 11) is 0. The Balaban J connectivity index is 3.42. The van der Waals surface area contributed by atoms with Crippen molar-refractivity contribution in [1.82, 2.24) is 0 Å². The lowest BCUT2D eigenvalue weighted by Crippen LogP contribution is -1.87. The van der Waals surface area contributed by atoms with Gasteiger partial charge in [-0.2, -0.15) is 0 Å². The zero-order valence-electron chi connectivity index (χ0n) is 9.03. The van der Waals surface area contributed by atoms with Gasteiger partial charge in [-0.25, -0.2) is 10.1 Å². The Hall–Kier alpha value is -2.32.